The second kappa shape index (κ2) is 7.55. The summed E-state index contributed by atoms with van der Waals surface area (Å²) in [5.41, 5.74) is 2.53. The van der Waals surface area contributed by atoms with Gasteiger partial charge in [0.05, 0.1) is 19.2 Å². The Hall–Kier alpha value is -3.25. The maximum atomic E-state index is 11.5. The van der Waals surface area contributed by atoms with Gasteiger partial charge in [-0.05, 0) is 42.0 Å². The van der Waals surface area contributed by atoms with E-state index in [1.165, 1.54) is 7.11 Å². The molecule has 1 aliphatic rings. The zero-order valence-corrected chi connectivity index (χ0v) is 14.9. The molecule has 1 aromatic heterocycles. The van der Waals surface area contributed by atoms with Gasteiger partial charge in [-0.3, -0.25) is 0 Å². The molecule has 0 radical (unpaired) electrons. The third-order valence-electron chi connectivity index (χ3n) is 4.32. The van der Waals surface area contributed by atoms with E-state index in [9.17, 15) is 4.79 Å². The summed E-state index contributed by atoms with van der Waals surface area (Å²) >= 11 is 0. The highest BCUT2D eigenvalue weighted by molar-refractivity contribution is 5.89. The molecule has 0 unspecified atom stereocenters. The first-order valence-corrected chi connectivity index (χ1v) is 8.59. The smallest absolute Gasteiger partial charge is 0.337 e. The molecular formula is C21H19NO5. The predicted octanol–water partition coefficient (Wildman–Crippen LogP) is 3.75. The zero-order valence-electron chi connectivity index (χ0n) is 14.9. The number of fused-ring (bicyclic) bond motifs is 1. The lowest BCUT2D eigenvalue weighted by Gasteiger charge is -2.05. The fourth-order valence-corrected chi connectivity index (χ4v) is 2.90. The molecule has 1 N–H and O–H groups in total. The van der Waals surface area contributed by atoms with Gasteiger partial charge >= 0.3 is 5.97 Å². The standard InChI is InChI=1S/C21H19NO5/c1-24-21(23)16-5-3-15(4-6-16)18-9-7-17(27-18)12-22-11-14-2-8-19-20(10-14)26-13-25-19/h2-10,22H,11-13H2,1H3. The summed E-state index contributed by atoms with van der Waals surface area (Å²) in [6.07, 6.45) is 0. The monoisotopic (exact) mass is 365 g/mol. The number of furan rings is 1. The van der Waals surface area contributed by atoms with E-state index >= 15 is 0 Å². The summed E-state index contributed by atoms with van der Waals surface area (Å²) in [6, 6.07) is 16.9. The number of methoxy groups -OCH3 is 1. The Bertz CT molecular complexity index is 945. The molecule has 0 spiro atoms. The number of benzene rings is 2. The minimum absolute atomic E-state index is 0.280. The Morgan fingerprint density at radius 2 is 1.81 bits per heavy atom. The molecule has 138 valence electrons. The van der Waals surface area contributed by atoms with E-state index in [0.29, 0.717) is 18.7 Å². The van der Waals surface area contributed by atoms with Gasteiger partial charge in [0.2, 0.25) is 6.79 Å². The Morgan fingerprint density at radius 3 is 2.63 bits per heavy atom. The summed E-state index contributed by atoms with van der Waals surface area (Å²) in [5.74, 6) is 2.81. The Morgan fingerprint density at radius 1 is 1.00 bits per heavy atom. The average molecular weight is 365 g/mol. The average Bonchev–Trinajstić information content (AvgIpc) is 3.36. The van der Waals surface area contributed by atoms with E-state index in [1.807, 2.05) is 42.5 Å². The van der Waals surface area contributed by atoms with Crippen LogP contribution in [0.1, 0.15) is 21.7 Å². The SMILES string of the molecule is COC(=O)c1ccc(-c2ccc(CNCc3ccc4c(c3)OCO4)o2)cc1. The topological polar surface area (TPSA) is 69.9 Å². The minimum atomic E-state index is -0.352. The van der Waals surface area contributed by atoms with Gasteiger partial charge in [-0.15, -0.1) is 0 Å². The second-order valence-electron chi connectivity index (χ2n) is 6.13. The number of rotatable bonds is 6. The van der Waals surface area contributed by atoms with Gasteiger partial charge in [0.1, 0.15) is 11.5 Å². The molecule has 4 rings (SSSR count). The summed E-state index contributed by atoms with van der Waals surface area (Å²) in [5, 5.41) is 3.35. The van der Waals surface area contributed by atoms with Crippen molar-refractivity contribution >= 4 is 5.97 Å². The van der Waals surface area contributed by atoms with E-state index in [0.717, 1.165) is 34.1 Å². The van der Waals surface area contributed by atoms with Crippen LogP contribution in [0.5, 0.6) is 11.5 Å². The molecule has 27 heavy (non-hydrogen) atoms. The van der Waals surface area contributed by atoms with Gasteiger partial charge in [0, 0.05) is 12.1 Å². The Labute approximate surface area is 156 Å². The third-order valence-corrected chi connectivity index (χ3v) is 4.32. The normalized spacial score (nSPS) is 12.2. The predicted molar refractivity (Wildman–Crippen MR) is 98.6 cm³/mol. The van der Waals surface area contributed by atoms with Crippen LogP contribution in [0.15, 0.2) is 59.0 Å². The van der Waals surface area contributed by atoms with Crippen LogP contribution in [0.4, 0.5) is 0 Å². The number of carbonyl (C=O) groups excluding carboxylic acids is 1. The highest BCUT2D eigenvalue weighted by Crippen LogP contribution is 2.32. The fraction of sp³-hybridized carbons (Fsp3) is 0.190. The molecule has 0 saturated carbocycles. The summed E-state index contributed by atoms with van der Waals surface area (Å²) in [6.45, 7) is 1.58. The van der Waals surface area contributed by atoms with Gasteiger partial charge in [0.25, 0.3) is 0 Å². The van der Waals surface area contributed by atoms with E-state index in [1.54, 1.807) is 12.1 Å². The number of ether oxygens (including phenoxy) is 3. The number of carbonyl (C=O) groups is 1. The maximum absolute atomic E-state index is 11.5. The van der Waals surface area contributed by atoms with E-state index < -0.39 is 0 Å². The number of nitrogens with one attached hydrogen (secondary N) is 1. The van der Waals surface area contributed by atoms with E-state index in [4.69, 9.17) is 18.6 Å². The molecule has 0 bridgehead atoms. The van der Waals surface area contributed by atoms with Crippen molar-refractivity contribution in [2.24, 2.45) is 0 Å². The number of esters is 1. The molecular weight excluding hydrogens is 346 g/mol. The lowest BCUT2D eigenvalue weighted by atomic mass is 10.1. The quantitative estimate of drug-likeness (QED) is 0.671. The molecule has 0 saturated heterocycles. The van der Waals surface area contributed by atoms with Crippen LogP contribution >= 0.6 is 0 Å². The Kier molecular flexibility index (Phi) is 4.80. The van der Waals surface area contributed by atoms with Crippen molar-refractivity contribution < 1.29 is 23.4 Å². The van der Waals surface area contributed by atoms with Crippen LogP contribution in [0.2, 0.25) is 0 Å². The second-order valence-corrected chi connectivity index (χ2v) is 6.13. The molecule has 0 amide bonds. The lowest BCUT2D eigenvalue weighted by Crippen LogP contribution is -2.11. The lowest BCUT2D eigenvalue weighted by molar-refractivity contribution is 0.0600. The summed E-state index contributed by atoms with van der Waals surface area (Å²) in [4.78, 5) is 11.5. The number of hydrogen-bond acceptors (Lipinski definition) is 6. The fourth-order valence-electron chi connectivity index (χ4n) is 2.90. The zero-order chi connectivity index (χ0) is 18.6. The van der Waals surface area contributed by atoms with Crippen LogP contribution in [0, 0.1) is 0 Å². The highest BCUT2D eigenvalue weighted by atomic mass is 16.7. The van der Waals surface area contributed by atoms with Gasteiger partial charge in [-0.1, -0.05) is 18.2 Å². The van der Waals surface area contributed by atoms with Crippen molar-refractivity contribution in [1.29, 1.82) is 0 Å². The Balaban J connectivity index is 1.35. The molecule has 1 aliphatic heterocycles. The van der Waals surface area contributed by atoms with Crippen molar-refractivity contribution in [3.8, 4) is 22.8 Å². The van der Waals surface area contributed by atoms with Crippen molar-refractivity contribution in [3.05, 3.63) is 71.5 Å². The molecule has 2 heterocycles. The molecule has 3 aromatic rings. The first-order valence-electron chi connectivity index (χ1n) is 8.59. The van der Waals surface area contributed by atoms with Gasteiger partial charge in [-0.2, -0.15) is 0 Å². The van der Waals surface area contributed by atoms with Crippen LogP contribution < -0.4 is 14.8 Å². The first kappa shape index (κ1) is 17.2. The maximum Gasteiger partial charge on any atom is 0.337 e. The molecule has 2 aromatic carbocycles. The van der Waals surface area contributed by atoms with Gasteiger partial charge in [0.15, 0.2) is 11.5 Å². The van der Waals surface area contributed by atoms with E-state index in [-0.39, 0.29) is 12.8 Å². The molecule has 6 nitrogen and oxygen atoms in total. The van der Waals surface area contributed by atoms with Crippen LogP contribution in [-0.2, 0) is 17.8 Å². The molecule has 0 aliphatic carbocycles. The summed E-state index contributed by atoms with van der Waals surface area (Å²) in [7, 11) is 1.37. The minimum Gasteiger partial charge on any atom is -0.465 e. The van der Waals surface area contributed by atoms with Crippen LogP contribution in [0.3, 0.4) is 0 Å². The molecule has 0 fully saturated rings. The van der Waals surface area contributed by atoms with Crippen LogP contribution in [0.25, 0.3) is 11.3 Å². The van der Waals surface area contributed by atoms with Crippen molar-refractivity contribution in [1.82, 2.24) is 5.32 Å². The van der Waals surface area contributed by atoms with E-state index in [2.05, 4.69) is 5.32 Å². The number of hydrogen-bond donors (Lipinski definition) is 1. The first-order chi connectivity index (χ1) is 13.2. The van der Waals surface area contributed by atoms with Gasteiger partial charge < -0.3 is 23.9 Å². The van der Waals surface area contributed by atoms with Gasteiger partial charge in [-0.25, -0.2) is 4.79 Å². The highest BCUT2D eigenvalue weighted by Gasteiger charge is 2.13. The van der Waals surface area contributed by atoms with Crippen molar-refractivity contribution in [2.45, 2.75) is 13.1 Å². The summed E-state index contributed by atoms with van der Waals surface area (Å²) < 4.78 is 21.3. The molecule has 0 atom stereocenters. The third kappa shape index (κ3) is 3.80. The van der Waals surface area contributed by atoms with Crippen LogP contribution in [-0.4, -0.2) is 19.9 Å². The van der Waals surface area contributed by atoms with Crippen molar-refractivity contribution in [2.75, 3.05) is 13.9 Å². The molecule has 6 heteroatoms. The van der Waals surface area contributed by atoms with Crippen molar-refractivity contribution in [3.63, 3.8) is 0 Å². The largest absolute Gasteiger partial charge is 0.465 e.